The molecule has 1 aromatic rings. The second-order valence-corrected chi connectivity index (χ2v) is 6.62. The third-order valence-corrected chi connectivity index (χ3v) is 4.54. The molecule has 1 aliphatic rings. The molecule has 5 nitrogen and oxygen atoms in total. The van der Waals surface area contributed by atoms with Gasteiger partial charge in [-0.15, -0.1) is 0 Å². The Hall–Kier alpha value is -1.60. The number of halogens is 3. The van der Waals surface area contributed by atoms with Crippen molar-refractivity contribution in [2.45, 2.75) is 26.0 Å². The zero-order valence-corrected chi connectivity index (χ0v) is 15.3. The van der Waals surface area contributed by atoms with Crippen LogP contribution in [0.3, 0.4) is 0 Å². The quantitative estimate of drug-likeness (QED) is 0.593. The van der Waals surface area contributed by atoms with Gasteiger partial charge < -0.3 is 20.3 Å². The van der Waals surface area contributed by atoms with Crippen molar-refractivity contribution in [3.8, 4) is 5.75 Å². The number of aliphatic imine (C=N–C) groups is 1. The van der Waals surface area contributed by atoms with E-state index in [1.165, 1.54) is 12.1 Å². The summed E-state index contributed by atoms with van der Waals surface area (Å²) in [5.74, 6) is 1.35. The van der Waals surface area contributed by atoms with Gasteiger partial charge in [0.25, 0.3) is 0 Å². The molecule has 0 bridgehead atoms. The molecule has 0 radical (unpaired) electrons. The predicted molar refractivity (Wildman–Crippen MR) is 96.5 cm³/mol. The Morgan fingerprint density at radius 3 is 2.72 bits per heavy atom. The predicted octanol–water partition coefficient (Wildman–Crippen LogP) is 2.95. The Balaban J connectivity index is 1.87. The fourth-order valence-electron chi connectivity index (χ4n) is 2.80. The van der Waals surface area contributed by atoms with Crippen molar-refractivity contribution < 1.29 is 13.5 Å². The van der Waals surface area contributed by atoms with Crippen LogP contribution in [0.4, 0.5) is 8.78 Å². The molecule has 0 aromatic heterocycles. The van der Waals surface area contributed by atoms with Gasteiger partial charge in [0.1, 0.15) is 5.75 Å². The molecule has 1 heterocycles. The maximum Gasteiger partial charge on any atom is 0.387 e. The van der Waals surface area contributed by atoms with E-state index in [9.17, 15) is 8.78 Å². The van der Waals surface area contributed by atoms with Crippen LogP contribution in [-0.2, 0) is 6.54 Å². The topological polar surface area (TPSA) is 48.9 Å². The van der Waals surface area contributed by atoms with Crippen LogP contribution < -0.4 is 15.4 Å². The van der Waals surface area contributed by atoms with Gasteiger partial charge in [0, 0.05) is 30.7 Å². The summed E-state index contributed by atoms with van der Waals surface area (Å²) in [6.45, 7) is 0.464. The highest BCUT2D eigenvalue weighted by molar-refractivity contribution is 6.30. The van der Waals surface area contributed by atoms with Gasteiger partial charge >= 0.3 is 6.61 Å². The molecule has 1 aliphatic heterocycles. The third kappa shape index (κ3) is 6.66. The lowest BCUT2D eigenvalue weighted by atomic mass is 9.97. The first-order chi connectivity index (χ1) is 12.0. The number of piperidine rings is 1. The summed E-state index contributed by atoms with van der Waals surface area (Å²) in [4.78, 5) is 6.50. The summed E-state index contributed by atoms with van der Waals surface area (Å²) >= 11 is 5.96. The van der Waals surface area contributed by atoms with Crippen molar-refractivity contribution in [3.63, 3.8) is 0 Å². The molecule has 140 valence electrons. The van der Waals surface area contributed by atoms with Crippen LogP contribution in [0.15, 0.2) is 23.2 Å². The normalized spacial score (nSPS) is 17.0. The molecule has 0 atom stereocenters. The highest BCUT2D eigenvalue weighted by atomic mass is 35.5. The molecule has 2 rings (SSSR count). The molecular weight excluding hydrogens is 350 g/mol. The first-order valence-corrected chi connectivity index (χ1v) is 8.72. The fraction of sp³-hybridized carbons (Fsp3) is 0.588. The second-order valence-electron chi connectivity index (χ2n) is 6.18. The van der Waals surface area contributed by atoms with E-state index in [1.54, 1.807) is 13.1 Å². The minimum atomic E-state index is -2.87. The molecule has 0 spiro atoms. The third-order valence-electron chi connectivity index (χ3n) is 4.30. The molecule has 0 amide bonds. The van der Waals surface area contributed by atoms with Crippen LogP contribution in [0.1, 0.15) is 18.4 Å². The SMILES string of the molecule is CN=C(NCc1cc(Cl)ccc1OC(F)F)NCC1CCN(C)CC1. The lowest BCUT2D eigenvalue weighted by molar-refractivity contribution is -0.0504. The Morgan fingerprint density at radius 2 is 2.08 bits per heavy atom. The number of rotatable bonds is 6. The van der Waals surface area contributed by atoms with Gasteiger partial charge in [0.15, 0.2) is 5.96 Å². The molecule has 25 heavy (non-hydrogen) atoms. The number of hydrogen-bond donors (Lipinski definition) is 2. The smallest absolute Gasteiger partial charge is 0.387 e. The van der Waals surface area contributed by atoms with E-state index in [0.29, 0.717) is 22.5 Å². The molecule has 0 saturated carbocycles. The van der Waals surface area contributed by atoms with Crippen LogP contribution in [0.25, 0.3) is 0 Å². The molecule has 8 heteroatoms. The van der Waals surface area contributed by atoms with Gasteiger partial charge in [-0.05, 0) is 57.1 Å². The van der Waals surface area contributed by atoms with Crippen LogP contribution in [0, 0.1) is 5.92 Å². The number of ether oxygens (including phenoxy) is 1. The van der Waals surface area contributed by atoms with E-state index >= 15 is 0 Å². The summed E-state index contributed by atoms with van der Waals surface area (Å²) in [6, 6.07) is 4.58. The van der Waals surface area contributed by atoms with Crippen LogP contribution in [-0.4, -0.2) is 51.2 Å². The number of benzene rings is 1. The molecular formula is C17H25ClF2N4O. The average Bonchev–Trinajstić information content (AvgIpc) is 2.58. The van der Waals surface area contributed by atoms with Gasteiger partial charge in [0.05, 0.1) is 0 Å². The van der Waals surface area contributed by atoms with Gasteiger partial charge in [-0.25, -0.2) is 0 Å². The van der Waals surface area contributed by atoms with E-state index in [4.69, 9.17) is 11.6 Å². The van der Waals surface area contributed by atoms with Crippen molar-refractivity contribution >= 4 is 17.6 Å². The second kappa shape index (κ2) is 9.77. The number of nitrogens with zero attached hydrogens (tertiary/aromatic N) is 2. The molecule has 1 fully saturated rings. The number of guanidine groups is 1. The Bertz CT molecular complexity index is 578. The van der Waals surface area contributed by atoms with Crippen molar-refractivity contribution in [1.82, 2.24) is 15.5 Å². The fourth-order valence-corrected chi connectivity index (χ4v) is 3.00. The molecule has 1 saturated heterocycles. The summed E-state index contributed by atoms with van der Waals surface area (Å²) < 4.78 is 29.5. The highest BCUT2D eigenvalue weighted by Crippen LogP contribution is 2.24. The lowest BCUT2D eigenvalue weighted by Crippen LogP contribution is -2.42. The van der Waals surface area contributed by atoms with E-state index < -0.39 is 6.61 Å². The van der Waals surface area contributed by atoms with Gasteiger partial charge in [0.2, 0.25) is 0 Å². The largest absolute Gasteiger partial charge is 0.434 e. The summed E-state index contributed by atoms with van der Waals surface area (Å²) in [5, 5.41) is 6.88. The number of hydrogen-bond acceptors (Lipinski definition) is 3. The van der Waals surface area contributed by atoms with Crippen molar-refractivity contribution in [1.29, 1.82) is 0 Å². The Labute approximate surface area is 152 Å². The standard InChI is InChI=1S/C17H25ClF2N4O/c1-21-17(22-10-12-5-7-24(2)8-6-12)23-11-13-9-14(18)3-4-15(13)25-16(19)20/h3-4,9,12,16H,5-8,10-11H2,1-2H3,(H2,21,22,23). The summed E-state index contributed by atoms with van der Waals surface area (Å²) in [6.07, 6.45) is 2.31. The molecule has 0 aliphatic carbocycles. The zero-order chi connectivity index (χ0) is 18.2. The van der Waals surface area contributed by atoms with Crippen molar-refractivity contribution in [2.24, 2.45) is 10.9 Å². The van der Waals surface area contributed by atoms with E-state index in [-0.39, 0.29) is 12.3 Å². The lowest BCUT2D eigenvalue weighted by Gasteiger charge is -2.29. The summed E-state index contributed by atoms with van der Waals surface area (Å²) in [7, 11) is 3.81. The Morgan fingerprint density at radius 1 is 1.36 bits per heavy atom. The van der Waals surface area contributed by atoms with Crippen molar-refractivity contribution in [2.75, 3.05) is 33.7 Å². The van der Waals surface area contributed by atoms with E-state index in [2.05, 4.69) is 32.3 Å². The maximum absolute atomic E-state index is 12.5. The van der Waals surface area contributed by atoms with Crippen LogP contribution >= 0.6 is 11.6 Å². The van der Waals surface area contributed by atoms with Crippen molar-refractivity contribution in [3.05, 3.63) is 28.8 Å². The molecule has 1 aromatic carbocycles. The highest BCUT2D eigenvalue weighted by Gasteiger charge is 2.17. The molecule has 0 unspecified atom stereocenters. The van der Waals surface area contributed by atoms with Crippen LogP contribution in [0.2, 0.25) is 5.02 Å². The van der Waals surface area contributed by atoms with E-state index in [0.717, 1.165) is 32.5 Å². The summed E-state index contributed by atoms with van der Waals surface area (Å²) in [5.41, 5.74) is 0.551. The van der Waals surface area contributed by atoms with E-state index in [1.807, 2.05) is 0 Å². The van der Waals surface area contributed by atoms with Gasteiger partial charge in [-0.3, -0.25) is 4.99 Å². The monoisotopic (exact) mass is 374 g/mol. The minimum Gasteiger partial charge on any atom is -0.434 e. The average molecular weight is 375 g/mol. The number of likely N-dealkylation sites (tertiary alicyclic amines) is 1. The van der Waals surface area contributed by atoms with Crippen LogP contribution in [0.5, 0.6) is 5.75 Å². The first kappa shape index (κ1) is 19.7. The first-order valence-electron chi connectivity index (χ1n) is 8.34. The minimum absolute atomic E-state index is 0.109. The van der Waals surface area contributed by atoms with Gasteiger partial charge in [-0.1, -0.05) is 11.6 Å². The zero-order valence-electron chi connectivity index (χ0n) is 14.6. The maximum atomic E-state index is 12.5. The number of nitrogens with one attached hydrogen (secondary N) is 2. The Kier molecular flexibility index (Phi) is 7.71. The molecule has 2 N–H and O–H groups in total. The van der Waals surface area contributed by atoms with Gasteiger partial charge in [-0.2, -0.15) is 8.78 Å². The number of alkyl halides is 2.